The zero-order valence-corrected chi connectivity index (χ0v) is 13.3. The van der Waals surface area contributed by atoms with Crippen LogP contribution in [0.2, 0.25) is 0 Å². The minimum Gasteiger partial charge on any atom is -0.454 e. The fraction of sp³-hybridized carbons (Fsp3) is 0.250. The van der Waals surface area contributed by atoms with Crippen molar-refractivity contribution in [2.45, 2.75) is 25.3 Å². The Labute approximate surface area is 141 Å². The Balaban J connectivity index is 1.43. The van der Waals surface area contributed by atoms with E-state index in [9.17, 15) is 4.79 Å². The number of carbonyl (C=O) groups is 1. The normalized spacial score (nSPS) is 19.1. The summed E-state index contributed by atoms with van der Waals surface area (Å²) in [6.07, 6.45) is 3.19. The molecule has 4 rings (SSSR count). The molecule has 1 aliphatic heterocycles. The van der Waals surface area contributed by atoms with Gasteiger partial charge in [-0.25, -0.2) is 0 Å². The molecule has 2 aromatic carbocycles. The van der Waals surface area contributed by atoms with Crippen molar-refractivity contribution in [1.29, 1.82) is 0 Å². The zero-order valence-electron chi connectivity index (χ0n) is 13.3. The van der Waals surface area contributed by atoms with Crippen LogP contribution in [0, 0.1) is 0 Å². The first kappa shape index (κ1) is 14.8. The predicted octanol–water partition coefficient (Wildman–Crippen LogP) is 3.54. The van der Waals surface area contributed by atoms with Crippen LogP contribution < -0.4 is 14.8 Å². The van der Waals surface area contributed by atoms with Gasteiger partial charge in [0.1, 0.15) is 0 Å². The maximum atomic E-state index is 12.1. The lowest BCUT2D eigenvalue weighted by Crippen LogP contribution is -2.21. The predicted molar refractivity (Wildman–Crippen MR) is 90.9 cm³/mol. The molecule has 2 aromatic rings. The lowest BCUT2D eigenvalue weighted by molar-refractivity contribution is -0.115. The molecule has 0 saturated carbocycles. The van der Waals surface area contributed by atoms with Crippen molar-refractivity contribution in [3.8, 4) is 11.5 Å². The minimum absolute atomic E-state index is 0.184. The van der Waals surface area contributed by atoms with Crippen LogP contribution in [0.25, 0.3) is 0 Å². The Morgan fingerprint density at radius 2 is 1.83 bits per heavy atom. The Hall–Kier alpha value is -2.75. The average Bonchev–Trinajstić information content (AvgIpc) is 3.08. The van der Waals surface area contributed by atoms with Crippen LogP contribution in [-0.2, 0) is 11.3 Å². The Kier molecular flexibility index (Phi) is 3.95. The lowest BCUT2D eigenvalue weighted by Gasteiger charge is -2.23. The summed E-state index contributed by atoms with van der Waals surface area (Å²) in [7, 11) is 0. The molecule has 0 saturated heterocycles. The molecule has 4 nitrogen and oxygen atoms in total. The molecular formula is C20H19NO3. The number of allylic oxidation sites excluding steroid dienone is 2. The van der Waals surface area contributed by atoms with Crippen molar-refractivity contribution in [2.75, 3.05) is 6.79 Å². The standard InChI is InChI=1S/C20H19NO3/c22-18-10-16(15-4-2-1-3-5-15)9-17(11-18)21-12-14-6-7-19-20(8-14)24-13-23-19/h1-8,11,16,21H,9-10,12-13H2. The number of rotatable bonds is 4. The van der Waals surface area contributed by atoms with Gasteiger partial charge in [0.05, 0.1) is 0 Å². The monoisotopic (exact) mass is 321 g/mol. The number of fused-ring (bicyclic) bond motifs is 1. The Bertz CT molecular complexity index is 783. The number of nitrogens with one attached hydrogen (secondary N) is 1. The summed E-state index contributed by atoms with van der Waals surface area (Å²) in [5, 5.41) is 3.40. The highest BCUT2D eigenvalue weighted by Crippen LogP contribution is 2.33. The molecular weight excluding hydrogens is 302 g/mol. The number of ketones is 1. The van der Waals surface area contributed by atoms with Crippen LogP contribution in [-0.4, -0.2) is 12.6 Å². The molecule has 0 radical (unpaired) electrons. The van der Waals surface area contributed by atoms with Gasteiger partial charge in [-0.15, -0.1) is 0 Å². The molecule has 1 heterocycles. The highest BCUT2D eigenvalue weighted by Gasteiger charge is 2.22. The van der Waals surface area contributed by atoms with E-state index in [2.05, 4.69) is 17.4 Å². The number of benzene rings is 2. The molecule has 4 heteroatoms. The van der Waals surface area contributed by atoms with E-state index in [1.54, 1.807) is 6.08 Å². The van der Waals surface area contributed by atoms with Gasteiger partial charge in [-0.1, -0.05) is 36.4 Å². The Morgan fingerprint density at radius 3 is 2.71 bits per heavy atom. The van der Waals surface area contributed by atoms with Gasteiger partial charge in [-0.2, -0.15) is 0 Å². The molecule has 0 aromatic heterocycles. The topological polar surface area (TPSA) is 47.6 Å². The molecule has 122 valence electrons. The van der Waals surface area contributed by atoms with Crippen molar-refractivity contribution >= 4 is 5.78 Å². The summed E-state index contributed by atoms with van der Waals surface area (Å²) < 4.78 is 10.7. The van der Waals surface area contributed by atoms with E-state index >= 15 is 0 Å². The maximum Gasteiger partial charge on any atom is 0.231 e. The van der Waals surface area contributed by atoms with Crippen molar-refractivity contribution in [1.82, 2.24) is 5.32 Å². The van der Waals surface area contributed by atoms with Crippen LogP contribution in [0.15, 0.2) is 60.3 Å². The van der Waals surface area contributed by atoms with Gasteiger partial charge in [-0.3, -0.25) is 4.79 Å². The molecule has 1 unspecified atom stereocenters. The largest absolute Gasteiger partial charge is 0.454 e. The lowest BCUT2D eigenvalue weighted by atomic mass is 9.85. The highest BCUT2D eigenvalue weighted by atomic mass is 16.7. The summed E-state index contributed by atoms with van der Waals surface area (Å²) in [4.78, 5) is 12.1. The minimum atomic E-state index is 0.184. The van der Waals surface area contributed by atoms with Gasteiger partial charge < -0.3 is 14.8 Å². The van der Waals surface area contributed by atoms with Crippen LogP contribution in [0.3, 0.4) is 0 Å². The van der Waals surface area contributed by atoms with Crippen LogP contribution in [0.1, 0.15) is 29.9 Å². The first-order chi connectivity index (χ1) is 11.8. The van der Waals surface area contributed by atoms with Gasteiger partial charge in [0.15, 0.2) is 17.3 Å². The first-order valence-corrected chi connectivity index (χ1v) is 8.19. The van der Waals surface area contributed by atoms with Gasteiger partial charge in [0.2, 0.25) is 6.79 Å². The average molecular weight is 321 g/mol. The zero-order chi connectivity index (χ0) is 16.4. The SMILES string of the molecule is O=C1C=C(NCc2ccc3c(c2)OCO3)CC(c2ccccc2)C1. The summed E-state index contributed by atoms with van der Waals surface area (Å²) in [6.45, 7) is 0.946. The third-order valence-electron chi connectivity index (χ3n) is 4.48. The van der Waals surface area contributed by atoms with Crippen LogP contribution >= 0.6 is 0 Å². The number of hydrogen-bond donors (Lipinski definition) is 1. The second-order valence-electron chi connectivity index (χ2n) is 6.19. The second kappa shape index (κ2) is 6.40. The summed E-state index contributed by atoms with van der Waals surface area (Å²) in [6, 6.07) is 16.2. The number of ether oxygens (including phenoxy) is 2. The van der Waals surface area contributed by atoms with E-state index in [1.165, 1.54) is 5.56 Å². The third-order valence-corrected chi connectivity index (χ3v) is 4.48. The van der Waals surface area contributed by atoms with E-state index in [4.69, 9.17) is 9.47 Å². The number of carbonyl (C=O) groups excluding carboxylic acids is 1. The van der Waals surface area contributed by atoms with Crippen molar-refractivity contribution in [2.24, 2.45) is 0 Å². The van der Waals surface area contributed by atoms with Crippen molar-refractivity contribution < 1.29 is 14.3 Å². The van der Waals surface area contributed by atoms with Crippen LogP contribution in [0.5, 0.6) is 11.5 Å². The van der Waals surface area contributed by atoms with E-state index < -0.39 is 0 Å². The van der Waals surface area contributed by atoms with Crippen molar-refractivity contribution in [3.63, 3.8) is 0 Å². The van der Waals surface area contributed by atoms with Gasteiger partial charge in [-0.05, 0) is 35.6 Å². The fourth-order valence-electron chi connectivity index (χ4n) is 3.24. The Morgan fingerprint density at radius 1 is 1.00 bits per heavy atom. The molecule has 1 aliphatic carbocycles. The second-order valence-corrected chi connectivity index (χ2v) is 6.19. The van der Waals surface area contributed by atoms with Crippen LogP contribution in [0.4, 0.5) is 0 Å². The molecule has 1 N–H and O–H groups in total. The molecule has 0 bridgehead atoms. The van der Waals surface area contributed by atoms with E-state index in [0.717, 1.165) is 29.2 Å². The smallest absolute Gasteiger partial charge is 0.231 e. The first-order valence-electron chi connectivity index (χ1n) is 8.19. The molecule has 0 fully saturated rings. The molecule has 1 atom stereocenters. The van der Waals surface area contributed by atoms with Gasteiger partial charge >= 0.3 is 0 Å². The van der Waals surface area contributed by atoms with E-state index in [-0.39, 0.29) is 18.5 Å². The fourth-order valence-corrected chi connectivity index (χ4v) is 3.24. The third kappa shape index (κ3) is 3.13. The van der Waals surface area contributed by atoms with Gasteiger partial charge in [0, 0.05) is 24.7 Å². The van der Waals surface area contributed by atoms with E-state index in [0.29, 0.717) is 13.0 Å². The van der Waals surface area contributed by atoms with E-state index in [1.807, 2.05) is 36.4 Å². The summed E-state index contributed by atoms with van der Waals surface area (Å²) in [5.74, 6) is 2.01. The summed E-state index contributed by atoms with van der Waals surface area (Å²) >= 11 is 0. The quantitative estimate of drug-likeness (QED) is 0.936. The molecule has 0 amide bonds. The number of hydrogen-bond acceptors (Lipinski definition) is 4. The molecule has 0 spiro atoms. The summed E-state index contributed by atoms with van der Waals surface area (Å²) in [5.41, 5.74) is 3.33. The van der Waals surface area contributed by atoms with Gasteiger partial charge in [0.25, 0.3) is 0 Å². The maximum absolute atomic E-state index is 12.1. The molecule has 24 heavy (non-hydrogen) atoms. The molecule has 2 aliphatic rings. The van der Waals surface area contributed by atoms with Crippen molar-refractivity contribution in [3.05, 3.63) is 71.4 Å². The highest BCUT2D eigenvalue weighted by molar-refractivity contribution is 5.91.